The summed E-state index contributed by atoms with van der Waals surface area (Å²) in [6, 6.07) is 31.3. The Kier molecular flexibility index (Phi) is 34.8. The summed E-state index contributed by atoms with van der Waals surface area (Å²) in [5.41, 5.74) is 30.1. The highest BCUT2D eigenvalue weighted by Gasteiger charge is 2.59. The maximum absolute atomic E-state index is 12.9. The Bertz CT molecular complexity index is 4490. The van der Waals surface area contributed by atoms with Crippen LogP contribution in [0.4, 0.5) is 0 Å². The van der Waals surface area contributed by atoms with Gasteiger partial charge >= 0.3 is 11.9 Å². The molecule has 22 nitrogen and oxygen atoms in total. The van der Waals surface area contributed by atoms with Crippen LogP contribution in [0.5, 0.6) is 17.2 Å². The van der Waals surface area contributed by atoms with Crippen LogP contribution < -0.4 is 27.8 Å². The lowest BCUT2D eigenvalue weighted by Gasteiger charge is -2.56. The lowest BCUT2D eigenvalue weighted by Crippen LogP contribution is -2.60. The lowest BCUT2D eigenvalue weighted by molar-refractivity contribution is -0.141. The summed E-state index contributed by atoms with van der Waals surface area (Å²) < 4.78 is 0. The molecule has 132 heavy (non-hydrogen) atoms. The number of phenolic OH excluding ortho intramolecular Hbond substituents is 3. The summed E-state index contributed by atoms with van der Waals surface area (Å²) in [6.07, 6.45) is 25.0. The second kappa shape index (κ2) is 42.9. The number of nitrogens with zero attached hydrogens (tertiary/aromatic N) is 5. The number of benzene rings is 5. The maximum atomic E-state index is 12.9. The number of carbonyl (C=O) groups is 7. The van der Waals surface area contributed by atoms with Crippen molar-refractivity contribution in [3.63, 3.8) is 0 Å². The van der Waals surface area contributed by atoms with Gasteiger partial charge in [-0.3, -0.25) is 58.1 Å². The minimum atomic E-state index is -0.734. The summed E-state index contributed by atoms with van der Waals surface area (Å²) in [5.74, 6) is 4.08. The number of amides is 5. The van der Waals surface area contributed by atoms with Crippen molar-refractivity contribution in [3.05, 3.63) is 158 Å². The van der Waals surface area contributed by atoms with Gasteiger partial charge < -0.3 is 53.4 Å². The molecule has 5 aromatic carbocycles. The van der Waals surface area contributed by atoms with Gasteiger partial charge in [0.1, 0.15) is 29.3 Å². The number of piperidine rings is 5. The molecule has 10 fully saturated rings. The zero-order valence-electron chi connectivity index (χ0n) is 75.8. The smallest absolute Gasteiger partial charge is 0.304 e. The molecule has 5 saturated carbocycles. The molecule has 22 heteroatoms. The Morgan fingerprint density at radius 2 is 0.553 bits per heavy atom. The van der Waals surface area contributed by atoms with Crippen molar-refractivity contribution in [2.24, 2.45) is 76.4 Å². The first-order valence-electron chi connectivity index (χ1n) is 47.8. The van der Waals surface area contributed by atoms with Gasteiger partial charge in [0.2, 0.25) is 29.5 Å². The molecule has 17 atom stereocenters. The minimum absolute atomic E-state index is 0. The normalized spacial score (nSPS) is 30.3. The Balaban J connectivity index is 0.000000184. The third kappa shape index (κ3) is 22.1. The molecule has 5 saturated heterocycles. The van der Waals surface area contributed by atoms with Crippen LogP contribution >= 0.6 is 0 Å². The lowest BCUT2D eigenvalue weighted by atomic mass is 9.56. The average Bonchev–Trinajstić information content (AvgIpc) is 1.41. The molecule has 5 amide bonds. The molecule has 5 aliphatic heterocycles. The highest BCUT2D eigenvalue weighted by molar-refractivity contribution is 5.88. The van der Waals surface area contributed by atoms with E-state index >= 15 is 0 Å². The zero-order valence-corrected chi connectivity index (χ0v) is 75.8. The van der Waals surface area contributed by atoms with Crippen molar-refractivity contribution in [2.75, 3.05) is 65.4 Å². The van der Waals surface area contributed by atoms with E-state index in [0.717, 1.165) is 150 Å². The molecular formula is C110H170N10O12. The quantitative estimate of drug-likeness (QED) is 0.0274. The van der Waals surface area contributed by atoms with Crippen molar-refractivity contribution >= 4 is 41.5 Å². The fourth-order valence-electron chi connectivity index (χ4n) is 26.1. The average molecular weight is 1820 g/mol. The number of carboxylic acid groups (broad SMARTS) is 2. The summed E-state index contributed by atoms with van der Waals surface area (Å²) in [7, 11) is 0. The third-order valence-electron chi connectivity index (χ3n) is 34.4. The van der Waals surface area contributed by atoms with E-state index in [2.05, 4.69) is 120 Å². The van der Waals surface area contributed by atoms with E-state index in [1.165, 1.54) is 140 Å². The monoisotopic (exact) mass is 1820 g/mol. The number of rotatable bonds is 24. The van der Waals surface area contributed by atoms with Crippen molar-refractivity contribution in [1.82, 2.24) is 35.1 Å². The Morgan fingerprint density at radius 3 is 0.765 bits per heavy atom. The molecular weight excluding hydrogens is 1650 g/mol. The fourth-order valence-corrected chi connectivity index (χ4v) is 26.1. The van der Waals surface area contributed by atoms with Gasteiger partial charge in [-0.1, -0.05) is 152 Å². The molecule has 5 unspecified atom stereocenters. The molecule has 13 N–H and O–H groups in total. The second-order valence-electron chi connectivity index (χ2n) is 42.4. The summed E-state index contributed by atoms with van der Waals surface area (Å²) in [6.45, 7) is 30.0. The molecule has 0 spiro atoms. The van der Waals surface area contributed by atoms with Crippen molar-refractivity contribution < 1.29 is 59.1 Å². The number of likely N-dealkylation sites (tertiary alicyclic amines) is 5. The van der Waals surface area contributed by atoms with Crippen LogP contribution in [0.1, 0.15) is 296 Å². The van der Waals surface area contributed by atoms with Crippen LogP contribution in [0, 0.1) is 73.0 Å². The summed E-state index contributed by atoms with van der Waals surface area (Å²) in [5, 5.41) is 54.8. The third-order valence-corrected chi connectivity index (χ3v) is 34.4. The molecule has 0 radical (unpaired) electrons. The number of aliphatic carboxylic acids is 2. The van der Waals surface area contributed by atoms with Gasteiger partial charge in [-0.15, -0.1) is 0 Å². The second-order valence-corrected chi connectivity index (χ2v) is 42.4. The number of phenols is 3. The highest BCUT2D eigenvalue weighted by atomic mass is 16.4. The zero-order chi connectivity index (χ0) is 88.7. The van der Waals surface area contributed by atoms with Gasteiger partial charge in [0, 0.05) is 109 Å². The van der Waals surface area contributed by atoms with E-state index in [4.69, 9.17) is 17.2 Å². The standard InChI is InChI=1S/C23H33N3O2.C22H31N3O3.C20H27NO2.C19H26N2O2.C19H25NO3.7CH4/c1-14-4-7-18-11-20-15(2)23(19(18)10-14,8-9-26(20)13-17-5-6-17)12-21(27)25-16(3)22(24)28;1-13-19-9-16-5-6-17(26)10-18(16)22(13,7-8-25(19)12-15-3-4-15)11-20(27)24-14(2)21(23)28;1-13-3-6-16-10-18-14(2)20(11-19(22)23,17(16)9-13)7-8-21(18)12-15-4-5-15;1-12-17-8-14-4-5-15(22)9-16(14)19(12,10-18(20)23)6-7-21(17)11-13-2-3-13;1-12-17-8-14-4-5-15(21)9-16(14)19(12,10-18(22)23)6-7-20(17)11-13-2-3-13;;;;;;;/h4,7,10,15-17,20H,5-6,8-9,11-13H2,1-3H3,(H2,24,28)(H,25,27);5-6,10,13-15,19,26H,3-4,7-9,11-12H2,1-2H3,(H2,23,28)(H,24,27);3,6,9,14-15,18H,4-5,7-8,10-12H2,1-2H3,(H,22,23);4-5,9,12-13,17,22H,2-3,6-8,10-11H2,1H3,(H2,20,23);4-5,9,12-13,17,21H,2-3,6-8,10-11H2,1H3,(H,22,23);7*1H4/t15-,16-,20?,23+;13-,14-,19?,22+;14-,18?,20+;2*12-,17?,19+;;;;;;;/m00000......./s1. The number of nitrogens with two attached hydrogens (primary N) is 3. The van der Waals surface area contributed by atoms with E-state index in [9.17, 15) is 59.1 Å². The van der Waals surface area contributed by atoms with E-state index in [1.54, 1.807) is 32.0 Å². The number of primary amides is 3. The largest absolute Gasteiger partial charge is 0.508 e. The number of aromatic hydroxyl groups is 3. The highest BCUT2D eigenvalue weighted by Crippen LogP contribution is 2.59. The van der Waals surface area contributed by atoms with Crippen LogP contribution in [0.3, 0.4) is 0 Å². The van der Waals surface area contributed by atoms with E-state index < -0.39 is 35.8 Å². The number of carboxylic acids is 2. The van der Waals surface area contributed by atoms with Crippen molar-refractivity contribution in [2.45, 2.75) is 344 Å². The fraction of sp³-hybridized carbons (Fsp3) is 0.664. The molecule has 20 rings (SSSR count). The number of hydrogen-bond acceptors (Lipinski definition) is 15. The van der Waals surface area contributed by atoms with Crippen LogP contribution in [0.15, 0.2) is 91.0 Å². The van der Waals surface area contributed by atoms with Gasteiger partial charge in [-0.05, 0) is 340 Å². The van der Waals surface area contributed by atoms with Gasteiger partial charge in [0.15, 0.2) is 0 Å². The topological polar surface area (TPSA) is 339 Å². The summed E-state index contributed by atoms with van der Waals surface area (Å²) >= 11 is 0. The van der Waals surface area contributed by atoms with Crippen LogP contribution in [-0.2, 0) is 92.7 Å². The van der Waals surface area contributed by atoms with Gasteiger partial charge in [-0.2, -0.15) is 0 Å². The van der Waals surface area contributed by atoms with E-state index in [-0.39, 0.29) is 121 Å². The van der Waals surface area contributed by atoms with Crippen LogP contribution in [0.2, 0.25) is 0 Å². The molecule has 10 bridgehead atoms. The van der Waals surface area contributed by atoms with E-state index in [1.807, 2.05) is 36.4 Å². The Labute approximate surface area is 792 Å². The summed E-state index contributed by atoms with van der Waals surface area (Å²) in [4.78, 5) is 96.8. The number of nitrogens with one attached hydrogen (secondary N) is 2. The van der Waals surface area contributed by atoms with Gasteiger partial charge in [0.05, 0.1) is 12.8 Å². The number of hydrogen-bond donors (Lipinski definition) is 10. The van der Waals surface area contributed by atoms with E-state index in [0.29, 0.717) is 84.8 Å². The molecule has 15 aliphatic rings. The van der Waals surface area contributed by atoms with Crippen LogP contribution in [-0.4, -0.2) is 199 Å². The van der Waals surface area contributed by atoms with Crippen molar-refractivity contribution in [3.8, 4) is 17.2 Å². The maximum Gasteiger partial charge on any atom is 0.304 e. The Morgan fingerprint density at radius 1 is 0.341 bits per heavy atom. The number of aryl methyl sites for hydroxylation is 2. The molecule has 0 aromatic heterocycles. The molecule has 5 aromatic rings. The predicted octanol–water partition coefficient (Wildman–Crippen LogP) is 16.8. The number of fused-ring (bicyclic) bond motifs is 20. The first-order valence-corrected chi connectivity index (χ1v) is 47.8. The first kappa shape index (κ1) is 107. The first-order chi connectivity index (χ1) is 59.6. The Hall–Kier alpha value is -8.41. The van der Waals surface area contributed by atoms with Gasteiger partial charge in [0.25, 0.3) is 0 Å². The predicted molar refractivity (Wildman–Crippen MR) is 531 cm³/mol. The SMILES string of the molecule is C.C.C.C.C.C.C.C[C@H](NC(=O)C[C@@]12CCN(CC3CC3)C(Cc3ccc(O)cc31)[C@@H]2C)C(N)=O.C[C@H]1C2Cc3ccc(O)cc3[C@@]1(CC(=O)O)CCN2CC1CC1.C[C@H]1C2Cc3ccc(O)cc3[C@@]1(CC(N)=O)CCN2CC1CC1.Cc1ccc2c(c1)[C@@]1(CC(=O)N[C@@H](C)C(N)=O)CCN(CC3CC3)C(C2)[C@@H]1C.Cc1ccc2c(c1)[C@@]1(CC(=O)O)CCN(CC3CC3)C(C2)[C@@H]1C. The minimum Gasteiger partial charge on any atom is -0.508 e. The van der Waals surface area contributed by atoms with Crippen molar-refractivity contribution in [1.29, 1.82) is 0 Å². The molecule has 10 aliphatic carbocycles. The number of carbonyl (C=O) groups excluding carboxylic acids is 5. The molecule has 5 heterocycles. The van der Waals surface area contributed by atoms with Gasteiger partial charge in [-0.25, -0.2) is 0 Å². The molecule has 732 valence electrons. The van der Waals surface area contributed by atoms with Crippen LogP contribution in [0.25, 0.3) is 0 Å².